The Morgan fingerprint density at radius 2 is 1.92 bits per heavy atom. The molecule has 1 fully saturated rings. The number of nitrogens with one attached hydrogen (secondary N) is 2. The third-order valence-electron chi connectivity index (χ3n) is 7.02. The topological polar surface area (TPSA) is 121 Å². The molecule has 8 nitrogen and oxygen atoms in total. The summed E-state index contributed by atoms with van der Waals surface area (Å²) in [5.74, 6) is -3.99. The van der Waals surface area contributed by atoms with E-state index >= 15 is 0 Å². The predicted octanol–water partition coefficient (Wildman–Crippen LogP) is 4.09. The van der Waals surface area contributed by atoms with Crippen LogP contribution in [0.4, 0.5) is 8.78 Å². The number of benzene rings is 1. The molecule has 2 aromatic rings. The van der Waals surface area contributed by atoms with Gasteiger partial charge in [0.2, 0.25) is 17.7 Å². The van der Waals surface area contributed by atoms with Gasteiger partial charge in [-0.25, -0.2) is 13.8 Å². The number of H-pyrrole nitrogens is 1. The Balaban J connectivity index is 1.80. The molecule has 2 heterocycles. The van der Waals surface area contributed by atoms with Crippen LogP contribution in [0, 0.1) is 29.4 Å². The second kappa shape index (κ2) is 12.3. The molecule has 3 rings (SSSR count). The normalized spacial score (nSPS) is 18.4. The first-order valence-electron chi connectivity index (χ1n) is 12.9. The highest BCUT2D eigenvalue weighted by Crippen LogP contribution is 2.28. The van der Waals surface area contributed by atoms with Gasteiger partial charge in [-0.2, -0.15) is 0 Å². The zero-order chi connectivity index (χ0) is 27.3. The van der Waals surface area contributed by atoms with Crippen LogP contribution in [0.25, 0.3) is 11.3 Å². The van der Waals surface area contributed by atoms with Crippen molar-refractivity contribution in [2.45, 2.75) is 71.9 Å². The van der Waals surface area contributed by atoms with Crippen LogP contribution in [0.5, 0.6) is 0 Å². The number of amides is 3. The molecule has 1 aromatic heterocycles. The lowest BCUT2D eigenvalue weighted by atomic mass is 9.81. The number of aromatic nitrogens is 2. The number of nitrogens with two attached hydrogens (primary N) is 1. The summed E-state index contributed by atoms with van der Waals surface area (Å²) >= 11 is 0. The van der Waals surface area contributed by atoms with Crippen molar-refractivity contribution in [3.8, 4) is 11.3 Å². The lowest BCUT2D eigenvalue weighted by Crippen LogP contribution is -2.47. The number of halogens is 2. The summed E-state index contributed by atoms with van der Waals surface area (Å²) in [5, 5.41) is 2.85. The smallest absolute Gasteiger partial charge is 0.225 e. The van der Waals surface area contributed by atoms with E-state index in [0.717, 1.165) is 31.4 Å². The van der Waals surface area contributed by atoms with E-state index < -0.39 is 41.3 Å². The number of piperidine rings is 1. The number of nitrogens with zero attached hydrogens (tertiary/aromatic N) is 2. The van der Waals surface area contributed by atoms with Gasteiger partial charge >= 0.3 is 0 Å². The van der Waals surface area contributed by atoms with E-state index in [1.54, 1.807) is 11.8 Å². The number of hydrogen-bond donors (Lipinski definition) is 3. The van der Waals surface area contributed by atoms with E-state index in [4.69, 9.17) is 5.73 Å². The van der Waals surface area contributed by atoms with E-state index in [0.29, 0.717) is 24.5 Å². The first-order valence-corrected chi connectivity index (χ1v) is 12.9. The lowest BCUT2D eigenvalue weighted by molar-refractivity contribution is -0.142. The number of aromatic amines is 1. The Hall–Kier alpha value is -3.30. The monoisotopic (exact) mass is 517 g/mol. The van der Waals surface area contributed by atoms with Crippen LogP contribution in [0.15, 0.2) is 24.4 Å². The zero-order valence-corrected chi connectivity index (χ0v) is 21.9. The molecule has 1 aliphatic heterocycles. The Bertz CT molecular complexity index is 1120. The van der Waals surface area contributed by atoms with Gasteiger partial charge in [-0.3, -0.25) is 14.4 Å². The average Bonchev–Trinajstić information content (AvgIpc) is 3.31. The Kier molecular flexibility index (Phi) is 9.39. The van der Waals surface area contributed by atoms with Crippen molar-refractivity contribution in [3.05, 3.63) is 41.9 Å². The summed E-state index contributed by atoms with van der Waals surface area (Å²) in [5.41, 5.74) is 6.19. The fraction of sp³-hybridized carbons (Fsp3) is 0.556. The van der Waals surface area contributed by atoms with Gasteiger partial charge in [-0.1, -0.05) is 13.8 Å². The van der Waals surface area contributed by atoms with Crippen molar-refractivity contribution in [2.24, 2.45) is 23.5 Å². The van der Waals surface area contributed by atoms with Gasteiger partial charge in [0.1, 0.15) is 17.5 Å². The van der Waals surface area contributed by atoms with Gasteiger partial charge in [-0.05, 0) is 57.6 Å². The summed E-state index contributed by atoms with van der Waals surface area (Å²) in [7, 11) is 0. The fourth-order valence-electron chi connectivity index (χ4n) is 4.97. The first-order chi connectivity index (χ1) is 17.5. The molecule has 0 spiro atoms. The van der Waals surface area contributed by atoms with Crippen molar-refractivity contribution >= 4 is 17.7 Å². The standard InChI is InChI=1S/C27H37F2N5O3/c1-15(2)11-20(25(30)36)21(13-24(35)34-10-6-5-7-16(34)3)27(37)32-17(4)26-31-14-23(33-26)19-9-8-18(28)12-22(19)29/h8-9,12,14-17,20-21H,5-7,10-11,13H2,1-4H3,(H2,30,36)(H,31,33)(H,32,37)/t16-,17+,20?,21+/m1/s1. The highest BCUT2D eigenvalue weighted by atomic mass is 19.1. The van der Waals surface area contributed by atoms with Gasteiger partial charge in [0.05, 0.1) is 29.8 Å². The number of rotatable bonds is 10. The molecule has 4 N–H and O–H groups in total. The maximum atomic E-state index is 14.2. The molecule has 0 saturated carbocycles. The highest BCUT2D eigenvalue weighted by molar-refractivity contribution is 5.91. The van der Waals surface area contributed by atoms with Gasteiger partial charge in [0.15, 0.2) is 0 Å². The number of hydrogen-bond acceptors (Lipinski definition) is 4. The maximum Gasteiger partial charge on any atom is 0.225 e. The van der Waals surface area contributed by atoms with E-state index in [-0.39, 0.29) is 29.9 Å². The summed E-state index contributed by atoms with van der Waals surface area (Å²) < 4.78 is 27.5. The number of carbonyl (C=O) groups excluding carboxylic acids is 3. The van der Waals surface area contributed by atoms with E-state index in [1.165, 1.54) is 12.3 Å². The fourth-order valence-corrected chi connectivity index (χ4v) is 4.97. The van der Waals surface area contributed by atoms with Crippen LogP contribution in [-0.2, 0) is 14.4 Å². The van der Waals surface area contributed by atoms with E-state index in [9.17, 15) is 23.2 Å². The third kappa shape index (κ3) is 7.14. The first kappa shape index (κ1) is 28.3. The molecule has 3 amide bonds. The van der Waals surface area contributed by atoms with Crippen molar-refractivity contribution < 1.29 is 23.2 Å². The van der Waals surface area contributed by atoms with Crippen LogP contribution < -0.4 is 11.1 Å². The molecule has 1 aromatic carbocycles. The Labute approximate surface area is 216 Å². The zero-order valence-electron chi connectivity index (χ0n) is 21.9. The predicted molar refractivity (Wildman–Crippen MR) is 136 cm³/mol. The number of primary amides is 1. The minimum atomic E-state index is -0.937. The SMILES string of the molecule is CC(C)CC(C(N)=O)[C@H](CC(=O)N1CCCC[C@H]1C)C(=O)N[C@@H](C)c1ncc(-c2ccc(F)cc2F)[nH]1. The second-order valence-electron chi connectivity index (χ2n) is 10.4. The van der Waals surface area contributed by atoms with Crippen molar-refractivity contribution in [1.29, 1.82) is 0 Å². The molecule has 0 bridgehead atoms. The second-order valence-corrected chi connectivity index (χ2v) is 10.4. The molecule has 4 atom stereocenters. The summed E-state index contributed by atoms with van der Waals surface area (Å²) in [4.78, 5) is 48.1. The van der Waals surface area contributed by atoms with Crippen LogP contribution in [0.2, 0.25) is 0 Å². The van der Waals surface area contributed by atoms with Crippen molar-refractivity contribution in [3.63, 3.8) is 0 Å². The van der Waals surface area contributed by atoms with E-state index in [2.05, 4.69) is 15.3 Å². The summed E-state index contributed by atoms with van der Waals surface area (Å²) in [6.45, 7) is 8.18. The van der Waals surface area contributed by atoms with Crippen LogP contribution >= 0.6 is 0 Å². The Morgan fingerprint density at radius 1 is 1.19 bits per heavy atom. The largest absolute Gasteiger partial charge is 0.369 e. The van der Waals surface area contributed by atoms with Crippen molar-refractivity contribution in [1.82, 2.24) is 20.2 Å². The third-order valence-corrected chi connectivity index (χ3v) is 7.02. The molecule has 1 unspecified atom stereocenters. The quantitative estimate of drug-likeness (QED) is 0.440. The molecule has 1 aliphatic rings. The molecule has 0 aliphatic carbocycles. The number of likely N-dealkylation sites (tertiary alicyclic amines) is 1. The number of imidazole rings is 1. The van der Waals surface area contributed by atoms with Crippen molar-refractivity contribution in [2.75, 3.05) is 6.54 Å². The minimum absolute atomic E-state index is 0.0782. The van der Waals surface area contributed by atoms with Gasteiger partial charge in [-0.15, -0.1) is 0 Å². The number of carbonyl (C=O) groups is 3. The molecule has 202 valence electrons. The molecule has 37 heavy (non-hydrogen) atoms. The average molecular weight is 518 g/mol. The molecular formula is C27H37F2N5O3. The van der Waals surface area contributed by atoms with E-state index in [1.807, 2.05) is 20.8 Å². The molecular weight excluding hydrogens is 480 g/mol. The highest BCUT2D eigenvalue weighted by Gasteiger charge is 2.37. The maximum absolute atomic E-state index is 14.2. The summed E-state index contributed by atoms with van der Waals surface area (Å²) in [6, 6.07) is 2.67. The van der Waals surface area contributed by atoms with Gasteiger partial charge < -0.3 is 20.9 Å². The van der Waals surface area contributed by atoms with Crippen LogP contribution in [-0.4, -0.2) is 45.2 Å². The summed E-state index contributed by atoms with van der Waals surface area (Å²) in [6.07, 6.45) is 4.52. The van der Waals surface area contributed by atoms with Crippen LogP contribution in [0.1, 0.15) is 71.7 Å². The van der Waals surface area contributed by atoms with Gasteiger partial charge in [0.25, 0.3) is 0 Å². The van der Waals surface area contributed by atoms with Crippen LogP contribution in [0.3, 0.4) is 0 Å². The van der Waals surface area contributed by atoms with Gasteiger partial charge in [0, 0.05) is 30.6 Å². The molecule has 0 radical (unpaired) electrons. The lowest BCUT2D eigenvalue weighted by Gasteiger charge is -2.35. The minimum Gasteiger partial charge on any atom is -0.369 e. The molecule has 10 heteroatoms. The molecule has 1 saturated heterocycles. The Morgan fingerprint density at radius 3 is 2.54 bits per heavy atom.